The van der Waals surface area contributed by atoms with Gasteiger partial charge in [0, 0.05) is 6.20 Å². The van der Waals surface area contributed by atoms with Crippen molar-refractivity contribution in [1.29, 1.82) is 0 Å². The summed E-state index contributed by atoms with van der Waals surface area (Å²) in [6.07, 6.45) is 1.46. The van der Waals surface area contributed by atoms with Crippen molar-refractivity contribution >= 4 is 23.3 Å². The van der Waals surface area contributed by atoms with Crippen LogP contribution >= 0.6 is 11.6 Å². The van der Waals surface area contributed by atoms with E-state index in [1.165, 1.54) is 6.20 Å². The van der Waals surface area contributed by atoms with Gasteiger partial charge in [-0.15, -0.1) is 0 Å². The fraction of sp³-hybridized carbons (Fsp3) is 0.200. The first kappa shape index (κ1) is 15.1. The van der Waals surface area contributed by atoms with Crippen molar-refractivity contribution in [3.05, 3.63) is 47.1 Å². The highest BCUT2D eigenvalue weighted by atomic mass is 35.5. The summed E-state index contributed by atoms with van der Waals surface area (Å²) in [7, 11) is 1.55. The second-order valence-electron chi connectivity index (χ2n) is 4.35. The highest BCUT2D eigenvalue weighted by molar-refractivity contribution is 6.30. The molecule has 0 aliphatic rings. The number of aryl methyl sites for hydroxylation is 1. The van der Waals surface area contributed by atoms with E-state index in [4.69, 9.17) is 21.1 Å². The summed E-state index contributed by atoms with van der Waals surface area (Å²) in [5, 5.41) is 3.12. The monoisotopic (exact) mass is 306 g/mol. The minimum Gasteiger partial charge on any atom is -0.493 e. The fourth-order valence-electron chi connectivity index (χ4n) is 1.67. The number of nitrogens with one attached hydrogen (secondary N) is 1. The Balaban J connectivity index is 1.93. The molecule has 1 aromatic carbocycles. The van der Waals surface area contributed by atoms with Crippen LogP contribution in [0.15, 0.2) is 36.5 Å². The Morgan fingerprint density at radius 2 is 2.10 bits per heavy atom. The van der Waals surface area contributed by atoms with Crippen molar-refractivity contribution in [3.8, 4) is 11.5 Å². The van der Waals surface area contributed by atoms with Gasteiger partial charge in [0.05, 0.1) is 12.1 Å². The lowest BCUT2D eigenvalue weighted by molar-refractivity contribution is -0.118. The molecule has 0 aliphatic heterocycles. The van der Waals surface area contributed by atoms with Crippen LogP contribution in [-0.4, -0.2) is 24.6 Å². The Hall–Kier alpha value is -2.27. The lowest BCUT2D eigenvalue weighted by Gasteiger charge is -2.11. The van der Waals surface area contributed by atoms with Crippen molar-refractivity contribution in [2.75, 3.05) is 19.0 Å². The van der Waals surface area contributed by atoms with E-state index in [2.05, 4.69) is 10.3 Å². The summed E-state index contributed by atoms with van der Waals surface area (Å²) in [6.45, 7) is 1.81. The number of ether oxygens (including phenoxy) is 2. The quantitative estimate of drug-likeness (QED) is 0.922. The summed E-state index contributed by atoms with van der Waals surface area (Å²) < 4.78 is 10.7. The normalized spacial score (nSPS) is 10.0. The average molecular weight is 307 g/mol. The second kappa shape index (κ2) is 6.95. The lowest BCUT2D eigenvalue weighted by atomic mass is 10.2. The van der Waals surface area contributed by atoms with Gasteiger partial charge in [-0.1, -0.05) is 17.7 Å². The number of hydrogen-bond acceptors (Lipinski definition) is 4. The molecule has 1 aromatic heterocycles. The number of carbonyl (C=O) groups excluding carboxylic acids is 1. The van der Waals surface area contributed by atoms with Crippen molar-refractivity contribution < 1.29 is 14.3 Å². The number of amides is 1. The van der Waals surface area contributed by atoms with Crippen molar-refractivity contribution in [1.82, 2.24) is 4.98 Å². The molecule has 1 amide bonds. The van der Waals surface area contributed by atoms with Crippen LogP contribution in [-0.2, 0) is 4.79 Å². The first-order valence-electron chi connectivity index (χ1n) is 6.27. The minimum absolute atomic E-state index is 0.135. The molecule has 0 radical (unpaired) electrons. The third-order valence-corrected chi connectivity index (χ3v) is 2.90. The predicted molar refractivity (Wildman–Crippen MR) is 81.1 cm³/mol. The van der Waals surface area contributed by atoms with Gasteiger partial charge in [0.1, 0.15) is 5.82 Å². The van der Waals surface area contributed by atoms with Gasteiger partial charge >= 0.3 is 0 Å². The lowest BCUT2D eigenvalue weighted by Crippen LogP contribution is -2.20. The fourth-order valence-corrected chi connectivity index (χ4v) is 1.78. The van der Waals surface area contributed by atoms with Gasteiger partial charge in [0.15, 0.2) is 18.1 Å². The van der Waals surface area contributed by atoms with Crippen LogP contribution in [0.1, 0.15) is 5.56 Å². The molecular weight excluding hydrogens is 292 g/mol. The number of benzene rings is 1. The molecule has 6 heteroatoms. The van der Waals surface area contributed by atoms with Crippen LogP contribution in [0.5, 0.6) is 11.5 Å². The van der Waals surface area contributed by atoms with Crippen LogP contribution in [0.3, 0.4) is 0 Å². The van der Waals surface area contributed by atoms with Gasteiger partial charge in [-0.05, 0) is 36.8 Å². The zero-order valence-corrected chi connectivity index (χ0v) is 12.5. The van der Waals surface area contributed by atoms with Crippen LogP contribution in [0, 0.1) is 6.92 Å². The second-order valence-corrected chi connectivity index (χ2v) is 4.79. The zero-order chi connectivity index (χ0) is 15.2. The van der Waals surface area contributed by atoms with E-state index in [0.29, 0.717) is 22.3 Å². The number of rotatable bonds is 5. The van der Waals surface area contributed by atoms with Gasteiger partial charge in [0.25, 0.3) is 5.91 Å². The Kier molecular flexibility index (Phi) is 5.00. The molecular formula is C15H15ClN2O3. The Morgan fingerprint density at radius 3 is 2.76 bits per heavy atom. The maximum absolute atomic E-state index is 11.8. The average Bonchev–Trinajstić information content (AvgIpc) is 2.48. The number of nitrogens with zero attached hydrogens (tertiary/aromatic N) is 1. The number of methoxy groups -OCH3 is 1. The maximum Gasteiger partial charge on any atom is 0.263 e. The molecule has 0 spiro atoms. The van der Waals surface area contributed by atoms with Gasteiger partial charge in [-0.3, -0.25) is 4.79 Å². The molecule has 0 atom stereocenters. The molecule has 0 aliphatic carbocycles. The smallest absolute Gasteiger partial charge is 0.263 e. The van der Waals surface area contributed by atoms with Crippen molar-refractivity contribution in [3.63, 3.8) is 0 Å². The number of hydrogen-bond donors (Lipinski definition) is 1. The summed E-state index contributed by atoms with van der Waals surface area (Å²) in [4.78, 5) is 15.8. The van der Waals surface area contributed by atoms with E-state index in [1.807, 2.05) is 19.1 Å². The molecule has 0 fully saturated rings. The van der Waals surface area contributed by atoms with Gasteiger partial charge in [-0.25, -0.2) is 4.98 Å². The molecule has 1 heterocycles. The highest BCUT2D eigenvalue weighted by Crippen LogP contribution is 2.27. The molecule has 2 rings (SSSR count). The van der Waals surface area contributed by atoms with Gasteiger partial charge < -0.3 is 14.8 Å². The first-order valence-corrected chi connectivity index (χ1v) is 6.65. The van der Waals surface area contributed by atoms with E-state index in [-0.39, 0.29) is 12.5 Å². The minimum atomic E-state index is -0.313. The van der Waals surface area contributed by atoms with E-state index >= 15 is 0 Å². The maximum atomic E-state index is 11.8. The number of carbonyl (C=O) groups is 1. The van der Waals surface area contributed by atoms with E-state index in [1.54, 1.807) is 25.3 Å². The van der Waals surface area contributed by atoms with Crippen molar-refractivity contribution in [2.45, 2.75) is 6.92 Å². The summed E-state index contributed by atoms with van der Waals surface area (Å²) in [5.74, 6) is 1.21. The van der Waals surface area contributed by atoms with Crippen molar-refractivity contribution in [2.24, 2.45) is 0 Å². The molecule has 21 heavy (non-hydrogen) atoms. The molecule has 0 unspecified atom stereocenters. The van der Waals surface area contributed by atoms with Crippen LogP contribution < -0.4 is 14.8 Å². The van der Waals surface area contributed by atoms with Gasteiger partial charge in [-0.2, -0.15) is 0 Å². The summed E-state index contributed by atoms with van der Waals surface area (Å²) >= 11 is 5.72. The number of halogens is 1. The number of pyridine rings is 1. The third kappa shape index (κ3) is 4.36. The molecule has 5 nitrogen and oxygen atoms in total. The number of anilines is 1. The zero-order valence-electron chi connectivity index (χ0n) is 11.7. The summed E-state index contributed by atoms with van der Waals surface area (Å²) in [5.41, 5.74) is 1.05. The number of aromatic nitrogens is 1. The SMILES string of the molecule is COc1cc(C)ccc1OCC(=O)Nc1ccc(Cl)cn1. The molecule has 110 valence electrons. The molecule has 1 N–H and O–H groups in total. The van der Waals surface area contributed by atoms with Crippen LogP contribution in [0.2, 0.25) is 5.02 Å². The van der Waals surface area contributed by atoms with E-state index in [9.17, 15) is 4.79 Å². The highest BCUT2D eigenvalue weighted by Gasteiger charge is 2.08. The Bertz CT molecular complexity index is 629. The van der Waals surface area contributed by atoms with E-state index < -0.39 is 0 Å². The Morgan fingerprint density at radius 1 is 1.29 bits per heavy atom. The van der Waals surface area contributed by atoms with Crippen LogP contribution in [0.25, 0.3) is 0 Å². The Labute approximate surface area is 127 Å². The standard InChI is InChI=1S/C15H15ClN2O3/c1-10-3-5-12(13(7-10)20-2)21-9-15(19)18-14-6-4-11(16)8-17-14/h3-8H,9H2,1-2H3,(H,17,18,19). The largest absolute Gasteiger partial charge is 0.493 e. The predicted octanol–water partition coefficient (Wildman–Crippen LogP) is 3.07. The molecule has 0 bridgehead atoms. The molecule has 2 aromatic rings. The molecule has 0 saturated carbocycles. The van der Waals surface area contributed by atoms with Crippen LogP contribution in [0.4, 0.5) is 5.82 Å². The van der Waals surface area contributed by atoms with E-state index in [0.717, 1.165) is 5.56 Å². The topological polar surface area (TPSA) is 60.5 Å². The first-order chi connectivity index (χ1) is 10.1. The third-order valence-electron chi connectivity index (χ3n) is 2.67. The summed E-state index contributed by atoms with van der Waals surface area (Å²) in [6, 6.07) is 8.76. The molecule has 0 saturated heterocycles. The van der Waals surface area contributed by atoms with Gasteiger partial charge in [0.2, 0.25) is 0 Å².